The number of halogens is 1. The predicted molar refractivity (Wildman–Crippen MR) is 120 cm³/mol. The van der Waals surface area contributed by atoms with Crippen molar-refractivity contribution in [3.05, 3.63) is 0 Å². The Morgan fingerprint density at radius 3 is 1.15 bits per heavy atom. The maximum absolute atomic E-state index is 10.3. The zero-order chi connectivity index (χ0) is 18.8. The summed E-state index contributed by atoms with van der Waals surface area (Å²) in [5.74, 6) is 0.271. The van der Waals surface area contributed by atoms with Gasteiger partial charge >= 0.3 is 0 Å². The molecule has 26 heavy (non-hydrogen) atoms. The molecule has 1 unspecified atom stereocenters. The van der Waals surface area contributed by atoms with Crippen molar-refractivity contribution in [1.29, 1.82) is 0 Å². The van der Waals surface area contributed by atoms with Crippen LogP contribution >= 0.6 is 12.4 Å². The molecule has 0 radical (unpaired) electrons. The number of rotatable bonds is 19. The Morgan fingerprint density at radius 1 is 0.615 bits per heavy atom. The van der Waals surface area contributed by atoms with Crippen LogP contribution in [0, 0.1) is 5.92 Å². The second kappa shape index (κ2) is 20.0. The normalized spacial score (nSPS) is 13.6. The Labute approximate surface area is 171 Å². The van der Waals surface area contributed by atoms with E-state index in [9.17, 15) is 5.11 Å². The molecule has 0 saturated carbocycles. The van der Waals surface area contributed by atoms with Crippen LogP contribution in [0.1, 0.15) is 136 Å². The van der Waals surface area contributed by atoms with E-state index in [1.165, 1.54) is 103 Å². The van der Waals surface area contributed by atoms with Crippen LogP contribution in [0.5, 0.6) is 0 Å². The monoisotopic (exact) mass is 391 g/mol. The Morgan fingerprint density at radius 2 is 0.885 bits per heavy atom. The molecular formula is C23H50ClNO. The van der Waals surface area contributed by atoms with Crippen LogP contribution < -0.4 is 5.73 Å². The first-order valence-corrected chi connectivity index (χ1v) is 11.5. The molecule has 3 heteroatoms. The van der Waals surface area contributed by atoms with Crippen molar-refractivity contribution in [2.24, 2.45) is 11.7 Å². The minimum absolute atomic E-state index is 0. The van der Waals surface area contributed by atoms with Crippen LogP contribution in [-0.4, -0.2) is 10.8 Å². The van der Waals surface area contributed by atoms with Gasteiger partial charge in [-0.2, -0.15) is 0 Å². The Kier molecular flexibility index (Phi) is 21.8. The molecule has 0 fully saturated rings. The summed E-state index contributed by atoms with van der Waals surface area (Å²) in [5.41, 5.74) is 5.03. The van der Waals surface area contributed by atoms with Gasteiger partial charge in [0.25, 0.3) is 0 Å². The summed E-state index contributed by atoms with van der Waals surface area (Å²) in [4.78, 5) is 0. The molecule has 0 heterocycles. The maximum atomic E-state index is 10.3. The summed E-state index contributed by atoms with van der Waals surface area (Å²) in [7, 11) is 0. The molecule has 3 N–H and O–H groups in total. The van der Waals surface area contributed by atoms with Gasteiger partial charge in [0.05, 0.1) is 0 Å². The van der Waals surface area contributed by atoms with Gasteiger partial charge < -0.3 is 10.8 Å². The van der Waals surface area contributed by atoms with Crippen molar-refractivity contribution >= 4 is 12.4 Å². The van der Waals surface area contributed by atoms with Gasteiger partial charge in [-0.25, -0.2) is 0 Å². The van der Waals surface area contributed by atoms with E-state index in [1.54, 1.807) is 6.92 Å². The second-order valence-electron chi connectivity index (χ2n) is 8.45. The first-order chi connectivity index (χ1) is 12.0. The van der Waals surface area contributed by atoms with Crippen molar-refractivity contribution in [2.75, 3.05) is 0 Å². The lowest BCUT2D eigenvalue weighted by Crippen LogP contribution is -2.44. The zero-order valence-electron chi connectivity index (χ0n) is 18.2. The fraction of sp³-hybridized carbons (Fsp3) is 1.00. The molecule has 0 amide bonds. The van der Waals surface area contributed by atoms with Crippen molar-refractivity contribution in [3.63, 3.8) is 0 Å². The van der Waals surface area contributed by atoms with Crippen LogP contribution in [0.15, 0.2) is 0 Å². The van der Waals surface area contributed by atoms with Crippen LogP contribution in [0.4, 0.5) is 0 Å². The summed E-state index contributed by atoms with van der Waals surface area (Å²) in [5, 5.41) is 10.3. The summed E-state index contributed by atoms with van der Waals surface area (Å²) in [6, 6.07) is 0. The molecule has 0 aliphatic rings. The molecule has 0 aromatic heterocycles. The topological polar surface area (TPSA) is 46.2 Å². The fourth-order valence-corrected chi connectivity index (χ4v) is 3.78. The van der Waals surface area contributed by atoms with Gasteiger partial charge in [-0.05, 0) is 19.8 Å². The molecule has 0 spiro atoms. The van der Waals surface area contributed by atoms with E-state index in [-0.39, 0.29) is 18.3 Å². The molecule has 1 atom stereocenters. The number of aliphatic hydroxyl groups is 1. The molecule has 0 bridgehead atoms. The summed E-state index contributed by atoms with van der Waals surface area (Å²) < 4.78 is 0. The highest BCUT2D eigenvalue weighted by Crippen LogP contribution is 2.26. The Bertz CT molecular complexity index is 245. The third kappa shape index (κ3) is 19.0. The molecule has 0 saturated heterocycles. The van der Waals surface area contributed by atoms with Gasteiger partial charge in [0.15, 0.2) is 0 Å². The molecule has 0 aromatic rings. The molecule has 160 valence electrons. The van der Waals surface area contributed by atoms with Crippen molar-refractivity contribution < 1.29 is 5.11 Å². The third-order valence-corrected chi connectivity index (χ3v) is 5.64. The van der Waals surface area contributed by atoms with E-state index in [4.69, 9.17) is 5.73 Å². The summed E-state index contributed by atoms with van der Waals surface area (Å²) >= 11 is 0. The summed E-state index contributed by atoms with van der Waals surface area (Å²) in [6.45, 7) is 6.34. The molecule has 0 rings (SSSR count). The van der Waals surface area contributed by atoms with Crippen molar-refractivity contribution in [1.82, 2.24) is 0 Å². The fourth-order valence-electron chi connectivity index (χ4n) is 3.78. The number of hydrogen-bond donors (Lipinski definition) is 2. The SMILES string of the molecule is CCCCCCCCCCC(CCCCCCCCCC)C(C)(N)O.Cl. The number of unbranched alkanes of at least 4 members (excludes halogenated alkanes) is 14. The van der Waals surface area contributed by atoms with Gasteiger partial charge in [-0.1, -0.05) is 117 Å². The van der Waals surface area contributed by atoms with Crippen LogP contribution in [0.25, 0.3) is 0 Å². The van der Waals surface area contributed by atoms with E-state index in [0.29, 0.717) is 0 Å². The third-order valence-electron chi connectivity index (χ3n) is 5.64. The highest BCUT2D eigenvalue weighted by Gasteiger charge is 2.26. The van der Waals surface area contributed by atoms with Crippen LogP contribution in [-0.2, 0) is 0 Å². The lowest BCUT2D eigenvalue weighted by Gasteiger charge is -2.29. The van der Waals surface area contributed by atoms with E-state index >= 15 is 0 Å². The molecule has 0 aliphatic carbocycles. The first kappa shape index (κ1) is 28.4. The van der Waals surface area contributed by atoms with Crippen LogP contribution in [0.2, 0.25) is 0 Å². The van der Waals surface area contributed by atoms with Gasteiger partial charge in [0.2, 0.25) is 0 Å². The minimum Gasteiger partial charge on any atom is -0.376 e. The van der Waals surface area contributed by atoms with E-state index in [1.807, 2.05) is 0 Å². The van der Waals surface area contributed by atoms with Crippen molar-refractivity contribution in [3.8, 4) is 0 Å². The van der Waals surface area contributed by atoms with Gasteiger partial charge in [0.1, 0.15) is 5.72 Å². The minimum atomic E-state index is -0.998. The quantitative estimate of drug-likeness (QED) is 0.174. The maximum Gasteiger partial charge on any atom is 0.113 e. The average molecular weight is 392 g/mol. The number of hydrogen-bond acceptors (Lipinski definition) is 2. The number of nitrogens with two attached hydrogens (primary N) is 1. The lowest BCUT2D eigenvalue weighted by molar-refractivity contribution is -0.00458. The Balaban J connectivity index is 0. The molecular weight excluding hydrogens is 342 g/mol. The highest BCUT2D eigenvalue weighted by atomic mass is 35.5. The zero-order valence-corrected chi connectivity index (χ0v) is 19.1. The standard InChI is InChI=1S/C23H49NO.ClH/c1-4-6-8-10-12-14-16-18-20-22(23(3,24)25)21-19-17-15-13-11-9-7-5-2;/h22,25H,4-21,24H2,1-3H3;1H. The van der Waals surface area contributed by atoms with Crippen LogP contribution in [0.3, 0.4) is 0 Å². The lowest BCUT2D eigenvalue weighted by atomic mass is 9.86. The van der Waals surface area contributed by atoms with E-state index < -0.39 is 5.72 Å². The van der Waals surface area contributed by atoms with Gasteiger partial charge in [-0.15, -0.1) is 12.4 Å². The first-order valence-electron chi connectivity index (χ1n) is 11.5. The average Bonchev–Trinajstić information content (AvgIpc) is 2.56. The largest absolute Gasteiger partial charge is 0.376 e. The Hall–Kier alpha value is 0.210. The van der Waals surface area contributed by atoms with E-state index in [2.05, 4.69) is 13.8 Å². The second-order valence-corrected chi connectivity index (χ2v) is 8.45. The van der Waals surface area contributed by atoms with Crippen molar-refractivity contribution in [2.45, 2.75) is 142 Å². The smallest absolute Gasteiger partial charge is 0.113 e. The predicted octanol–water partition coefficient (Wildman–Crippen LogP) is 7.75. The summed E-state index contributed by atoms with van der Waals surface area (Å²) in [6.07, 6.45) is 23.7. The molecule has 0 aromatic carbocycles. The van der Waals surface area contributed by atoms with E-state index in [0.717, 1.165) is 12.8 Å². The highest BCUT2D eigenvalue weighted by molar-refractivity contribution is 5.85. The van der Waals surface area contributed by atoms with Gasteiger partial charge in [0, 0.05) is 5.92 Å². The molecule has 0 aliphatic heterocycles. The van der Waals surface area contributed by atoms with Gasteiger partial charge in [-0.3, -0.25) is 0 Å². The molecule has 2 nitrogen and oxygen atoms in total.